The van der Waals surface area contributed by atoms with Gasteiger partial charge < -0.3 is 10.1 Å². The molecule has 1 aromatic carbocycles. The average Bonchev–Trinajstić information content (AvgIpc) is 2.47. The first-order valence-corrected chi connectivity index (χ1v) is 8.74. The van der Waals surface area contributed by atoms with Gasteiger partial charge in [0.2, 0.25) is 0 Å². The minimum atomic E-state index is -1.07. The maximum Gasteiger partial charge on any atom is 0.269 e. The number of aryl methyl sites for hydroxylation is 1. The lowest BCUT2D eigenvalue weighted by Crippen LogP contribution is -2.42. The van der Waals surface area contributed by atoms with Crippen LogP contribution in [0.25, 0.3) is 0 Å². The van der Waals surface area contributed by atoms with Crippen molar-refractivity contribution in [1.29, 1.82) is 0 Å². The first-order chi connectivity index (χ1) is 10.7. The summed E-state index contributed by atoms with van der Waals surface area (Å²) in [5, 5.41) is 3.39. The van der Waals surface area contributed by atoms with E-state index < -0.39 is 5.60 Å². The van der Waals surface area contributed by atoms with Gasteiger partial charge in [0.25, 0.3) is 5.91 Å². The molecule has 1 heterocycles. The van der Waals surface area contributed by atoms with Gasteiger partial charge in [0.05, 0.1) is 10.2 Å². The summed E-state index contributed by atoms with van der Waals surface area (Å²) in [5.74, 6) is 0.708. The van der Waals surface area contributed by atoms with Crippen LogP contribution in [-0.4, -0.2) is 16.5 Å². The lowest BCUT2D eigenvalue weighted by molar-refractivity contribution is -0.128. The molecule has 0 saturated heterocycles. The van der Waals surface area contributed by atoms with Crippen molar-refractivity contribution < 1.29 is 9.53 Å². The second-order valence-corrected chi connectivity index (χ2v) is 7.55. The zero-order valence-electron chi connectivity index (χ0n) is 12.8. The lowest BCUT2D eigenvalue weighted by atomic mass is 10.1. The van der Waals surface area contributed by atoms with Crippen molar-refractivity contribution in [2.45, 2.75) is 26.4 Å². The van der Waals surface area contributed by atoms with Crippen LogP contribution in [0, 0.1) is 6.92 Å². The smallest absolute Gasteiger partial charge is 0.269 e. The summed E-state index contributed by atoms with van der Waals surface area (Å²) >= 11 is 12.6. The number of rotatable bonds is 4. The van der Waals surface area contributed by atoms with Crippen molar-refractivity contribution in [3.63, 3.8) is 0 Å². The molecule has 0 fully saturated rings. The van der Waals surface area contributed by atoms with Gasteiger partial charge in [-0.2, -0.15) is 0 Å². The minimum absolute atomic E-state index is 0.303. The maximum atomic E-state index is 12.5. The van der Waals surface area contributed by atoms with E-state index in [0.29, 0.717) is 21.1 Å². The second kappa shape index (κ2) is 7.20. The molecule has 2 rings (SSSR count). The van der Waals surface area contributed by atoms with Crippen LogP contribution >= 0.6 is 43.5 Å². The number of hydrogen-bond donors (Lipinski definition) is 1. The fourth-order valence-electron chi connectivity index (χ4n) is 1.75. The van der Waals surface area contributed by atoms with E-state index in [1.165, 1.54) is 0 Å². The summed E-state index contributed by atoms with van der Waals surface area (Å²) in [5.41, 5.74) is -0.296. The largest absolute Gasteiger partial charge is 0.478 e. The summed E-state index contributed by atoms with van der Waals surface area (Å²) < 4.78 is 7.31. The van der Waals surface area contributed by atoms with Crippen LogP contribution in [0.1, 0.15) is 19.5 Å². The Morgan fingerprint density at radius 1 is 1.22 bits per heavy atom. The highest BCUT2D eigenvalue weighted by Gasteiger charge is 2.31. The van der Waals surface area contributed by atoms with Crippen molar-refractivity contribution in [2.24, 2.45) is 0 Å². The first-order valence-electron chi connectivity index (χ1n) is 6.78. The molecule has 1 aromatic heterocycles. The molecule has 1 amide bonds. The Kier molecular flexibility index (Phi) is 5.70. The van der Waals surface area contributed by atoms with Crippen molar-refractivity contribution in [3.05, 3.63) is 50.0 Å². The van der Waals surface area contributed by atoms with E-state index in [-0.39, 0.29) is 5.91 Å². The summed E-state index contributed by atoms with van der Waals surface area (Å²) in [6.45, 7) is 5.23. The van der Waals surface area contributed by atoms with Crippen LogP contribution in [0.3, 0.4) is 0 Å². The van der Waals surface area contributed by atoms with Gasteiger partial charge in [0, 0.05) is 9.50 Å². The van der Waals surface area contributed by atoms with Gasteiger partial charge >= 0.3 is 0 Å². The Morgan fingerprint density at radius 2 is 1.83 bits per heavy atom. The fourth-order valence-corrected chi connectivity index (χ4v) is 2.92. The molecule has 0 unspecified atom stereocenters. The summed E-state index contributed by atoms with van der Waals surface area (Å²) in [4.78, 5) is 16.9. The number of nitrogens with one attached hydrogen (secondary N) is 1. The van der Waals surface area contributed by atoms with Gasteiger partial charge in [-0.1, -0.05) is 11.6 Å². The summed E-state index contributed by atoms with van der Waals surface area (Å²) in [7, 11) is 0. The molecule has 0 aliphatic rings. The third-order valence-corrected chi connectivity index (χ3v) is 4.73. The highest BCUT2D eigenvalue weighted by atomic mass is 79.9. The molecule has 0 aliphatic heterocycles. The molecule has 0 bridgehead atoms. The van der Waals surface area contributed by atoms with Gasteiger partial charge in [0.1, 0.15) is 11.6 Å². The highest BCUT2D eigenvalue weighted by Crippen LogP contribution is 2.28. The summed E-state index contributed by atoms with van der Waals surface area (Å²) in [6, 6.07) is 8.69. The Labute approximate surface area is 156 Å². The van der Waals surface area contributed by atoms with Crippen molar-refractivity contribution in [2.75, 3.05) is 5.32 Å². The van der Waals surface area contributed by atoms with Crippen molar-refractivity contribution in [1.82, 2.24) is 4.98 Å². The molecule has 0 saturated carbocycles. The number of carbonyl (C=O) groups excluding carboxylic acids is 1. The van der Waals surface area contributed by atoms with Crippen LogP contribution in [0.2, 0.25) is 5.02 Å². The van der Waals surface area contributed by atoms with Crippen molar-refractivity contribution >= 4 is 55.2 Å². The van der Waals surface area contributed by atoms with E-state index in [4.69, 9.17) is 16.3 Å². The molecule has 23 heavy (non-hydrogen) atoms. The molecular formula is C16H15Br2ClN2O2. The second-order valence-electron chi connectivity index (χ2n) is 5.41. The van der Waals surface area contributed by atoms with Gasteiger partial charge in [-0.25, -0.2) is 4.98 Å². The minimum Gasteiger partial charge on any atom is -0.478 e. The van der Waals surface area contributed by atoms with E-state index >= 15 is 0 Å². The highest BCUT2D eigenvalue weighted by molar-refractivity contribution is 9.11. The maximum absolute atomic E-state index is 12.5. The predicted molar refractivity (Wildman–Crippen MR) is 99.2 cm³/mol. The van der Waals surface area contributed by atoms with Gasteiger partial charge in [-0.15, -0.1) is 0 Å². The van der Waals surface area contributed by atoms with Crippen LogP contribution in [-0.2, 0) is 4.79 Å². The number of amides is 1. The molecule has 122 valence electrons. The first kappa shape index (κ1) is 18.2. The van der Waals surface area contributed by atoms with Gasteiger partial charge in [-0.05, 0) is 83.0 Å². The lowest BCUT2D eigenvalue weighted by Gasteiger charge is -2.25. The number of aromatic nitrogens is 1. The van der Waals surface area contributed by atoms with Crippen LogP contribution in [0.15, 0.2) is 39.3 Å². The normalized spacial score (nSPS) is 11.2. The van der Waals surface area contributed by atoms with Crippen molar-refractivity contribution in [3.8, 4) is 5.75 Å². The van der Waals surface area contributed by atoms with E-state index in [9.17, 15) is 4.79 Å². The average molecular weight is 463 g/mol. The number of hydrogen-bond acceptors (Lipinski definition) is 3. The molecule has 0 spiro atoms. The topological polar surface area (TPSA) is 51.2 Å². The standard InChI is InChI=1S/C16H15Br2ClN2O2/c1-9-12(17)8-13(18)14(20-9)21-15(22)16(2,3)23-11-6-4-10(19)5-7-11/h4-8H,1-3H3,(H,20,21,22). The molecule has 0 radical (unpaired) electrons. The molecule has 0 aliphatic carbocycles. The van der Waals surface area contributed by atoms with Gasteiger partial charge in [0.15, 0.2) is 5.60 Å². The number of halogens is 3. The van der Waals surface area contributed by atoms with E-state index in [1.54, 1.807) is 38.1 Å². The van der Waals surface area contributed by atoms with Gasteiger partial charge in [-0.3, -0.25) is 4.79 Å². The fraction of sp³-hybridized carbons (Fsp3) is 0.250. The number of nitrogens with zero attached hydrogens (tertiary/aromatic N) is 1. The quantitative estimate of drug-likeness (QED) is 0.665. The zero-order chi connectivity index (χ0) is 17.2. The Morgan fingerprint density at radius 3 is 2.43 bits per heavy atom. The SMILES string of the molecule is Cc1nc(NC(=O)C(C)(C)Oc2ccc(Cl)cc2)c(Br)cc1Br. The molecular weight excluding hydrogens is 447 g/mol. The Bertz CT molecular complexity index is 734. The molecule has 4 nitrogen and oxygen atoms in total. The molecule has 1 N–H and O–H groups in total. The third-order valence-electron chi connectivity index (χ3n) is 3.07. The Balaban J connectivity index is 2.15. The van der Waals surface area contributed by atoms with Crippen LogP contribution < -0.4 is 10.1 Å². The molecule has 2 aromatic rings. The van der Waals surface area contributed by atoms with Crippen LogP contribution in [0.5, 0.6) is 5.75 Å². The van der Waals surface area contributed by atoms with E-state index in [0.717, 1.165) is 10.2 Å². The predicted octanol–water partition coefficient (Wildman–Crippen LogP) is 5.36. The number of carbonyl (C=O) groups is 1. The molecule has 0 atom stereocenters. The number of ether oxygens (including phenoxy) is 1. The zero-order valence-corrected chi connectivity index (χ0v) is 16.7. The number of pyridine rings is 1. The number of benzene rings is 1. The summed E-state index contributed by atoms with van der Waals surface area (Å²) in [6.07, 6.45) is 0. The molecule has 7 heteroatoms. The van der Waals surface area contributed by atoms with E-state index in [1.807, 2.05) is 13.0 Å². The van der Waals surface area contributed by atoms with Crippen LogP contribution in [0.4, 0.5) is 5.82 Å². The third kappa shape index (κ3) is 4.68. The number of anilines is 1. The Hall–Kier alpha value is -1.11. The van der Waals surface area contributed by atoms with E-state index in [2.05, 4.69) is 42.2 Å². The monoisotopic (exact) mass is 460 g/mol.